The predicted octanol–water partition coefficient (Wildman–Crippen LogP) is 4.13. The lowest BCUT2D eigenvalue weighted by molar-refractivity contribution is -0.128. The topological polar surface area (TPSA) is 29.1 Å². The molecule has 1 amide bonds. The summed E-state index contributed by atoms with van der Waals surface area (Å²) in [4.78, 5) is 12.3. The van der Waals surface area contributed by atoms with Crippen molar-refractivity contribution in [2.45, 2.75) is 59.8 Å². The number of rotatable bonds is 6. The van der Waals surface area contributed by atoms with Crippen molar-refractivity contribution in [3.63, 3.8) is 0 Å². The Morgan fingerprint density at radius 1 is 1.44 bits per heavy atom. The maximum absolute atomic E-state index is 12.3. The van der Waals surface area contributed by atoms with Crippen LogP contribution in [0.1, 0.15) is 59.8 Å². The second-order valence-electron chi connectivity index (χ2n) is 7.11. The maximum Gasteiger partial charge on any atom is 0.223 e. The van der Waals surface area contributed by atoms with E-state index in [1.807, 2.05) is 0 Å². The molecule has 0 saturated heterocycles. The molecule has 0 heterocycles. The van der Waals surface area contributed by atoms with E-state index in [2.05, 4.69) is 48.9 Å². The summed E-state index contributed by atoms with van der Waals surface area (Å²) in [6.07, 6.45) is 5.74. The van der Waals surface area contributed by atoms with Gasteiger partial charge in [0, 0.05) is 17.8 Å². The van der Waals surface area contributed by atoms with Crippen LogP contribution in [0.4, 0.5) is 0 Å². The highest BCUT2D eigenvalue weighted by Crippen LogP contribution is 2.42. The molecule has 1 unspecified atom stereocenters. The van der Waals surface area contributed by atoms with E-state index in [0.717, 1.165) is 31.1 Å². The van der Waals surface area contributed by atoms with Gasteiger partial charge in [0.05, 0.1) is 0 Å². The Hall–Kier alpha value is -0.0500. The third kappa shape index (κ3) is 4.56. The number of carbonyl (C=O) groups is 1. The highest BCUT2D eigenvalue weighted by molar-refractivity contribution is 9.09. The number of nitrogens with one attached hydrogen (secondary N) is 1. The van der Waals surface area contributed by atoms with E-state index in [9.17, 15) is 4.79 Å². The molecular weight excluding hydrogens is 290 g/mol. The van der Waals surface area contributed by atoms with E-state index in [1.54, 1.807) is 0 Å². The van der Waals surface area contributed by atoms with Crippen molar-refractivity contribution in [3.8, 4) is 0 Å². The fourth-order valence-corrected chi connectivity index (χ4v) is 3.18. The van der Waals surface area contributed by atoms with Gasteiger partial charge >= 0.3 is 0 Å². The van der Waals surface area contributed by atoms with Crippen molar-refractivity contribution < 1.29 is 4.79 Å². The Labute approximate surface area is 120 Å². The van der Waals surface area contributed by atoms with Gasteiger partial charge in [0.25, 0.3) is 0 Å². The number of amides is 1. The molecule has 1 atom stereocenters. The first-order valence-corrected chi connectivity index (χ1v) is 8.24. The minimum Gasteiger partial charge on any atom is -0.355 e. The van der Waals surface area contributed by atoms with E-state index in [0.29, 0.717) is 0 Å². The Morgan fingerprint density at radius 3 is 2.61 bits per heavy atom. The van der Waals surface area contributed by atoms with Crippen molar-refractivity contribution in [3.05, 3.63) is 0 Å². The molecule has 2 nitrogen and oxygen atoms in total. The largest absolute Gasteiger partial charge is 0.355 e. The molecular formula is C15H28BrNO. The molecule has 18 heavy (non-hydrogen) atoms. The van der Waals surface area contributed by atoms with Crippen LogP contribution in [0.15, 0.2) is 0 Å². The summed E-state index contributed by atoms with van der Waals surface area (Å²) in [6, 6.07) is 0. The number of halogens is 1. The van der Waals surface area contributed by atoms with Crippen LogP contribution in [0.3, 0.4) is 0 Å². The number of alkyl halides is 1. The van der Waals surface area contributed by atoms with Crippen molar-refractivity contribution in [1.29, 1.82) is 0 Å². The minimum atomic E-state index is 0.185. The quantitative estimate of drug-likeness (QED) is 0.733. The van der Waals surface area contributed by atoms with Crippen LogP contribution in [0, 0.1) is 16.7 Å². The van der Waals surface area contributed by atoms with Gasteiger partial charge < -0.3 is 5.32 Å². The van der Waals surface area contributed by atoms with Gasteiger partial charge in [-0.3, -0.25) is 4.79 Å². The Morgan fingerprint density at radius 2 is 2.11 bits per heavy atom. The number of hydrogen-bond donors (Lipinski definition) is 1. The molecule has 1 aliphatic rings. The smallest absolute Gasteiger partial charge is 0.223 e. The SMILES string of the molecule is CC(C)(CCCBr)CNC(=O)C1CCCC1(C)C. The second kappa shape index (κ2) is 6.40. The molecule has 106 valence electrons. The van der Waals surface area contributed by atoms with E-state index < -0.39 is 0 Å². The molecule has 0 bridgehead atoms. The normalized spacial score (nSPS) is 23.1. The van der Waals surface area contributed by atoms with Crippen LogP contribution in [0.5, 0.6) is 0 Å². The van der Waals surface area contributed by atoms with E-state index in [4.69, 9.17) is 0 Å². The molecule has 1 rings (SSSR count). The van der Waals surface area contributed by atoms with Crippen molar-refractivity contribution in [2.75, 3.05) is 11.9 Å². The van der Waals surface area contributed by atoms with Crippen LogP contribution >= 0.6 is 15.9 Å². The summed E-state index contributed by atoms with van der Waals surface area (Å²) in [5, 5.41) is 4.22. The van der Waals surface area contributed by atoms with Crippen LogP contribution in [-0.2, 0) is 4.79 Å². The molecule has 1 saturated carbocycles. The van der Waals surface area contributed by atoms with Gasteiger partial charge in [0.2, 0.25) is 5.91 Å². The highest BCUT2D eigenvalue weighted by atomic mass is 79.9. The average molecular weight is 318 g/mol. The van der Waals surface area contributed by atoms with E-state index in [1.165, 1.54) is 12.8 Å². The number of hydrogen-bond acceptors (Lipinski definition) is 1. The van der Waals surface area contributed by atoms with Crippen LogP contribution in [-0.4, -0.2) is 17.8 Å². The molecule has 0 aromatic heterocycles. The lowest BCUT2D eigenvalue weighted by atomic mass is 9.81. The van der Waals surface area contributed by atoms with Gasteiger partial charge in [-0.05, 0) is 36.5 Å². The molecule has 1 fully saturated rings. The predicted molar refractivity (Wildman–Crippen MR) is 80.9 cm³/mol. The fourth-order valence-electron chi connectivity index (χ4n) is 2.90. The monoisotopic (exact) mass is 317 g/mol. The van der Waals surface area contributed by atoms with Gasteiger partial charge in [0.15, 0.2) is 0 Å². The van der Waals surface area contributed by atoms with Crippen LogP contribution in [0.25, 0.3) is 0 Å². The van der Waals surface area contributed by atoms with Gasteiger partial charge in [-0.2, -0.15) is 0 Å². The van der Waals surface area contributed by atoms with Crippen molar-refractivity contribution in [2.24, 2.45) is 16.7 Å². The summed E-state index contributed by atoms with van der Waals surface area (Å²) in [6.45, 7) is 9.71. The van der Waals surface area contributed by atoms with Crippen LogP contribution in [0.2, 0.25) is 0 Å². The first-order valence-electron chi connectivity index (χ1n) is 7.12. The average Bonchev–Trinajstić information content (AvgIpc) is 2.63. The molecule has 1 aliphatic carbocycles. The summed E-state index contributed by atoms with van der Waals surface area (Å²) in [5.41, 5.74) is 0.385. The fraction of sp³-hybridized carbons (Fsp3) is 0.933. The van der Waals surface area contributed by atoms with Crippen molar-refractivity contribution in [1.82, 2.24) is 5.32 Å². The summed E-state index contributed by atoms with van der Waals surface area (Å²) < 4.78 is 0. The molecule has 0 aromatic rings. The summed E-state index contributed by atoms with van der Waals surface area (Å²) >= 11 is 3.46. The standard InChI is InChI=1S/C15H28BrNO/c1-14(2,8-6-10-16)11-17-13(18)12-7-5-9-15(12,3)4/h12H,5-11H2,1-4H3,(H,17,18). The number of carbonyl (C=O) groups excluding carboxylic acids is 1. The summed E-state index contributed by atoms with van der Waals surface area (Å²) in [7, 11) is 0. The van der Waals surface area contributed by atoms with Gasteiger partial charge in [0.1, 0.15) is 0 Å². The molecule has 0 radical (unpaired) electrons. The van der Waals surface area contributed by atoms with E-state index in [-0.39, 0.29) is 22.7 Å². The maximum atomic E-state index is 12.3. The Kier molecular flexibility index (Phi) is 5.69. The lowest BCUT2D eigenvalue weighted by Gasteiger charge is -2.29. The van der Waals surface area contributed by atoms with Gasteiger partial charge in [-0.1, -0.05) is 50.0 Å². The third-order valence-corrected chi connectivity index (χ3v) is 4.86. The Balaban J connectivity index is 2.41. The van der Waals surface area contributed by atoms with E-state index >= 15 is 0 Å². The first-order chi connectivity index (χ1) is 8.28. The zero-order valence-corrected chi connectivity index (χ0v) is 13.9. The molecule has 0 aliphatic heterocycles. The molecule has 1 N–H and O–H groups in total. The molecule has 0 spiro atoms. The zero-order chi connectivity index (χ0) is 13.8. The second-order valence-corrected chi connectivity index (χ2v) is 7.90. The van der Waals surface area contributed by atoms with Crippen molar-refractivity contribution >= 4 is 21.8 Å². The highest BCUT2D eigenvalue weighted by Gasteiger charge is 2.39. The minimum absolute atomic E-state index is 0.185. The molecule has 0 aromatic carbocycles. The third-order valence-electron chi connectivity index (χ3n) is 4.30. The lowest BCUT2D eigenvalue weighted by Crippen LogP contribution is -2.40. The summed E-state index contributed by atoms with van der Waals surface area (Å²) in [5.74, 6) is 0.480. The van der Waals surface area contributed by atoms with Crippen LogP contribution < -0.4 is 5.32 Å². The van der Waals surface area contributed by atoms with Gasteiger partial charge in [-0.15, -0.1) is 0 Å². The molecule has 3 heteroatoms. The Bertz CT molecular complexity index is 286. The zero-order valence-electron chi connectivity index (χ0n) is 12.3. The first kappa shape index (κ1) is 16.0. The van der Waals surface area contributed by atoms with Gasteiger partial charge in [-0.25, -0.2) is 0 Å².